The average Bonchev–Trinajstić information content (AvgIpc) is 3.18. The van der Waals surface area contributed by atoms with Gasteiger partial charge in [0.1, 0.15) is 0 Å². The van der Waals surface area contributed by atoms with Crippen molar-refractivity contribution in [2.75, 3.05) is 6.61 Å². The molecule has 0 bridgehead atoms. The lowest BCUT2D eigenvalue weighted by molar-refractivity contribution is -0.123. The summed E-state index contributed by atoms with van der Waals surface area (Å²) >= 11 is 0. The van der Waals surface area contributed by atoms with Crippen molar-refractivity contribution in [1.29, 1.82) is 0 Å². The van der Waals surface area contributed by atoms with Crippen LogP contribution in [0.1, 0.15) is 232 Å². The molecule has 0 aliphatic heterocycles. The number of carbonyl (C=O) groups is 1. The van der Waals surface area contributed by atoms with E-state index in [1.54, 1.807) is 6.08 Å². The van der Waals surface area contributed by atoms with Gasteiger partial charge in [0.05, 0.1) is 18.8 Å². The van der Waals surface area contributed by atoms with E-state index in [-0.39, 0.29) is 12.5 Å². The van der Waals surface area contributed by atoms with Gasteiger partial charge in [-0.25, -0.2) is 0 Å². The van der Waals surface area contributed by atoms with E-state index in [1.165, 1.54) is 148 Å². The summed E-state index contributed by atoms with van der Waals surface area (Å²) < 4.78 is 0. The highest BCUT2D eigenvalue weighted by Crippen LogP contribution is 2.16. The lowest BCUT2D eigenvalue weighted by Gasteiger charge is -2.20. The zero-order chi connectivity index (χ0) is 39.3. The van der Waals surface area contributed by atoms with Crippen molar-refractivity contribution in [1.82, 2.24) is 5.32 Å². The van der Waals surface area contributed by atoms with Crippen LogP contribution in [0.2, 0.25) is 0 Å². The van der Waals surface area contributed by atoms with E-state index in [4.69, 9.17) is 0 Å². The first kappa shape index (κ1) is 52.1. The van der Waals surface area contributed by atoms with Gasteiger partial charge in [0, 0.05) is 6.42 Å². The summed E-state index contributed by atoms with van der Waals surface area (Å²) in [5.74, 6) is -0.0785. The Bertz CT molecular complexity index is 904. The van der Waals surface area contributed by atoms with Crippen LogP contribution in [0, 0.1) is 0 Å². The van der Waals surface area contributed by atoms with Gasteiger partial charge in [-0.3, -0.25) is 4.79 Å². The highest BCUT2D eigenvalue weighted by atomic mass is 16.3. The van der Waals surface area contributed by atoms with Gasteiger partial charge in [-0.05, 0) is 57.8 Å². The molecule has 314 valence electrons. The first-order chi connectivity index (χ1) is 26.7. The number of nitrogens with one attached hydrogen (secondary N) is 1. The largest absolute Gasteiger partial charge is 0.394 e. The molecule has 1 amide bonds. The van der Waals surface area contributed by atoms with Gasteiger partial charge in [-0.15, -0.1) is 0 Å². The van der Waals surface area contributed by atoms with Crippen molar-refractivity contribution >= 4 is 5.91 Å². The maximum absolute atomic E-state index is 12.4. The van der Waals surface area contributed by atoms with Crippen LogP contribution in [0.25, 0.3) is 0 Å². The Morgan fingerprint density at radius 2 is 0.815 bits per heavy atom. The molecule has 3 N–H and O–H groups in total. The summed E-state index contributed by atoms with van der Waals surface area (Å²) in [7, 11) is 0. The van der Waals surface area contributed by atoms with Gasteiger partial charge < -0.3 is 15.5 Å². The molecule has 2 atom stereocenters. The molecular formula is C50H91NO3. The highest BCUT2D eigenvalue weighted by molar-refractivity contribution is 5.76. The van der Waals surface area contributed by atoms with Crippen LogP contribution < -0.4 is 5.32 Å². The molecule has 54 heavy (non-hydrogen) atoms. The molecule has 0 saturated carbocycles. The van der Waals surface area contributed by atoms with Crippen molar-refractivity contribution in [2.45, 2.75) is 244 Å². The Morgan fingerprint density at radius 1 is 0.463 bits per heavy atom. The maximum Gasteiger partial charge on any atom is 0.220 e. The normalized spacial score (nSPS) is 13.5. The molecule has 0 aliphatic carbocycles. The number of aliphatic hydroxyl groups is 2. The average molecular weight is 754 g/mol. The second kappa shape index (κ2) is 45.5. The fourth-order valence-corrected chi connectivity index (χ4v) is 6.93. The van der Waals surface area contributed by atoms with Gasteiger partial charge in [0.2, 0.25) is 5.91 Å². The van der Waals surface area contributed by atoms with Crippen LogP contribution in [0.3, 0.4) is 0 Å². The van der Waals surface area contributed by atoms with Crippen molar-refractivity contribution in [3.63, 3.8) is 0 Å². The molecule has 4 heteroatoms. The van der Waals surface area contributed by atoms with E-state index in [1.807, 2.05) is 6.08 Å². The lowest BCUT2D eigenvalue weighted by atomic mass is 10.0. The van der Waals surface area contributed by atoms with E-state index < -0.39 is 12.1 Å². The van der Waals surface area contributed by atoms with Crippen LogP contribution in [-0.4, -0.2) is 34.9 Å². The third-order valence-electron chi connectivity index (χ3n) is 10.5. The predicted molar refractivity (Wildman–Crippen MR) is 239 cm³/mol. The topological polar surface area (TPSA) is 69.6 Å². The van der Waals surface area contributed by atoms with E-state index >= 15 is 0 Å². The van der Waals surface area contributed by atoms with Crippen LogP contribution >= 0.6 is 0 Å². The lowest BCUT2D eigenvalue weighted by Crippen LogP contribution is -2.45. The second-order valence-electron chi connectivity index (χ2n) is 15.8. The Kier molecular flexibility index (Phi) is 43.9. The fraction of sp³-hybridized carbons (Fsp3) is 0.780. The fourth-order valence-electron chi connectivity index (χ4n) is 6.93. The maximum atomic E-state index is 12.4. The Labute approximate surface area is 336 Å². The number of rotatable bonds is 42. The molecule has 0 aromatic carbocycles. The predicted octanol–water partition coefficient (Wildman–Crippen LogP) is 14.9. The zero-order valence-electron chi connectivity index (χ0n) is 36.0. The summed E-state index contributed by atoms with van der Waals surface area (Å²) in [5.41, 5.74) is 0. The van der Waals surface area contributed by atoms with E-state index in [0.29, 0.717) is 6.42 Å². The van der Waals surface area contributed by atoms with Gasteiger partial charge in [0.25, 0.3) is 0 Å². The smallest absolute Gasteiger partial charge is 0.220 e. The third kappa shape index (κ3) is 41.3. The van der Waals surface area contributed by atoms with Crippen molar-refractivity contribution in [2.24, 2.45) is 0 Å². The zero-order valence-corrected chi connectivity index (χ0v) is 36.0. The molecule has 0 spiro atoms. The molecule has 2 unspecified atom stereocenters. The molecule has 0 aromatic heterocycles. The number of carbonyl (C=O) groups excluding carboxylic acids is 1. The summed E-state index contributed by atoms with van der Waals surface area (Å²) in [5, 5.41) is 23.1. The van der Waals surface area contributed by atoms with Gasteiger partial charge >= 0.3 is 0 Å². The van der Waals surface area contributed by atoms with Crippen LogP contribution in [-0.2, 0) is 4.79 Å². The van der Waals surface area contributed by atoms with E-state index in [9.17, 15) is 15.0 Å². The number of hydrogen-bond donors (Lipinski definition) is 3. The third-order valence-corrected chi connectivity index (χ3v) is 10.5. The molecule has 0 saturated heterocycles. The Balaban J connectivity index is 3.58. The summed E-state index contributed by atoms with van der Waals surface area (Å²) in [6.07, 6.45) is 63.4. The van der Waals surface area contributed by atoms with Crippen molar-refractivity contribution in [3.8, 4) is 0 Å². The van der Waals surface area contributed by atoms with E-state index in [0.717, 1.165) is 64.2 Å². The number of aliphatic hydroxyl groups excluding tert-OH is 2. The van der Waals surface area contributed by atoms with Crippen LogP contribution in [0.15, 0.2) is 60.8 Å². The first-order valence-electron chi connectivity index (χ1n) is 23.5. The molecule has 0 heterocycles. The van der Waals surface area contributed by atoms with Crippen molar-refractivity contribution < 1.29 is 15.0 Å². The summed E-state index contributed by atoms with van der Waals surface area (Å²) in [6.45, 7) is 4.20. The van der Waals surface area contributed by atoms with Crippen LogP contribution in [0.5, 0.6) is 0 Å². The summed E-state index contributed by atoms with van der Waals surface area (Å²) in [4.78, 5) is 12.4. The highest BCUT2D eigenvalue weighted by Gasteiger charge is 2.17. The first-order valence-corrected chi connectivity index (χ1v) is 23.5. The molecule has 0 fully saturated rings. The SMILES string of the molecule is CC/C=C\C/C=C\C/C=C\C/C=C\CCCCCCCCC(=O)NC(CO)C(O)/C=C/CCCCCCCCCCCCCCCCCCCCCCC. The minimum Gasteiger partial charge on any atom is -0.394 e. The van der Waals surface area contributed by atoms with E-state index in [2.05, 4.69) is 67.8 Å². The van der Waals surface area contributed by atoms with Crippen LogP contribution in [0.4, 0.5) is 0 Å². The standard InChI is InChI=1S/C50H91NO3/c1-3-5-7-9-11-13-15-17-19-21-23-24-25-26-28-29-31-33-35-37-39-41-43-45-49(53)48(47-52)51-50(54)46-44-42-40-38-36-34-32-30-27-22-20-18-16-14-12-10-8-6-4-2/h6,8,12,14,18,20,27,30,43,45,48-49,52-53H,3-5,7,9-11,13,15-17,19,21-26,28-29,31-42,44,46-47H2,1-2H3,(H,51,54)/b8-6-,14-12-,20-18-,30-27-,45-43+. The molecule has 0 aliphatic rings. The van der Waals surface area contributed by atoms with Gasteiger partial charge in [0.15, 0.2) is 0 Å². The molecule has 0 radical (unpaired) electrons. The number of unbranched alkanes of at least 4 members (excludes halogenated alkanes) is 27. The molecule has 4 nitrogen and oxygen atoms in total. The Hall–Kier alpha value is -1.91. The number of amides is 1. The quantitative estimate of drug-likeness (QED) is 0.0429. The monoisotopic (exact) mass is 754 g/mol. The Morgan fingerprint density at radius 3 is 1.22 bits per heavy atom. The van der Waals surface area contributed by atoms with Gasteiger partial charge in [-0.2, -0.15) is 0 Å². The molecule has 0 aromatic rings. The number of hydrogen-bond acceptors (Lipinski definition) is 3. The second-order valence-corrected chi connectivity index (χ2v) is 15.8. The minimum absolute atomic E-state index is 0.0785. The number of allylic oxidation sites excluding steroid dienone is 9. The minimum atomic E-state index is -0.848. The molecule has 0 rings (SSSR count). The summed E-state index contributed by atoms with van der Waals surface area (Å²) in [6, 6.07) is -0.633. The van der Waals surface area contributed by atoms with Gasteiger partial charge in [-0.1, -0.05) is 229 Å². The van der Waals surface area contributed by atoms with Crippen molar-refractivity contribution in [3.05, 3.63) is 60.8 Å². The molecular weight excluding hydrogens is 663 g/mol.